The van der Waals surface area contributed by atoms with Crippen LogP contribution in [0.5, 0.6) is 0 Å². The van der Waals surface area contributed by atoms with Gasteiger partial charge in [0.1, 0.15) is 0 Å². The summed E-state index contributed by atoms with van der Waals surface area (Å²) in [6.45, 7) is 4.16. The molecule has 0 fully saturated rings. The molecule has 0 aromatic heterocycles. The maximum absolute atomic E-state index is 10.5. The molecule has 4 nitrogen and oxygen atoms in total. The van der Waals surface area contributed by atoms with E-state index in [0.29, 0.717) is 17.9 Å². The highest BCUT2D eigenvalue weighted by Gasteiger charge is 2.02. The van der Waals surface area contributed by atoms with E-state index in [9.17, 15) is 9.59 Å². The van der Waals surface area contributed by atoms with Crippen molar-refractivity contribution in [3.05, 3.63) is 71.3 Å². The quantitative estimate of drug-likeness (QED) is 0.867. The van der Waals surface area contributed by atoms with Crippen LogP contribution >= 0.6 is 0 Å². The van der Waals surface area contributed by atoms with Crippen molar-refractivity contribution in [1.29, 1.82) is 0 Å². The Bertz CT molecular complexity index is 616. The maximum atomic E-state index is 10.5. The average molecular weight is 314 g/mol. The van der Waals surface area contributed by atoms with Crippen LogP contribution in [0.4, 0.5) is 0 Å². The lowest BCUT2D eigenvalue weighted by Gasteiger charge is -2.04. The molecule has 0 atom stereocenters. The third kappa shape index (κ3) is 7.27. The number of hydrogen-bond donors (Lipinski definition) is 2. The van der Waals surface area contributed by atoms with Crippen molar-refractivity contribution in [3.8, 4) is 0 Å². The fourth-order valence-electron chi connectivity index (χ4n) is 1.91. The molecule has 0 aliphatic rings. The Hall–Kier alpha value is -2.62. The van der Waals surface area contributed by atoms with Crippen molar-refractivity contribution in [2.24, 2.45) is 0 Å². The molecule has 4 heteroatoms. The van der Waals surface area contributed by atoms with Crippen LogP contribution in [0.2, 0.25) is 0 Å². The van der Waals surface area contributed by atoms with Gasteiger partial charge in [0, 0.05) is 6.42 Å². The number of carboxylic acids is 2. The van der Waals surface area contributed by atoms with Gasteiger partial charge in [-0.15, -0.1) is 0 Å². The van der Waals surface area contributed by atoms with Gasteiger partial charge in [-0.25, -0.2) is 4.79 Å². The number of benzene rings is 2. The zero-order valence-corrected chi connectivity index (χ0v) is 13.4. The number of carboxylic acid groups (broad SMARTS) is 2. The Kier molecular flexibility index (Phi) is 7.54. The number of aliphatic carboxylic acids is 1. The molecule has 0 aliphatic heterocycles. The van der Waals surface area contributed by atoms with E-state index in [-0.39, 0.29) is 6.42 Å². The Morgan fingerprint density at radius 2 is 1.48 bits per heavy atom. The van der Waals surface area contributed by atoms with Gasteiger partial charge in [0.2, 0.25) is 0 Å². The predicted molar refractivity (Wildman–Crippen MR) is 89.9 cm³/mol. The Morgan fingerprint density at radius 1 is 0.913 bits per heavy atom. The lowest BCUT2D eigenvalue weighted by molar-refractivity contribution is -0.136. The molecule has 0 saturated heterocycles. The molecule has 0 heterocycles. The minimum Gasteiger partial charge on any atom is -0.481 e. The van der Waals surface area contributed by atoms with Crippen LogP contribution in [0.15, 0.2) is 54.6 Å². The molecular weight excluding hydrogens is 292 g/mol. The molecule has 23 heavy (non-hydrogen) atoms. The first-order chi connectivity index (χ1) is 10.9. The normalized spacial score (nSPS) is 9.87. The van der Waals surface area contributed by atoms with Crippen molar-refractivity contribution in [2.75, 3.05) is 0 Å². The summed E-state index contributed by atoms with van der Waals surface area (Å²) in [6, 6.07) is 16.6. The van der Waals surface area contributed by atoms with Gasteiger partial charge in [0.15, 0.2) is 0 Å². The topological polar surface area (TPSA) is 74.6 Å². The average Bonchev–Trinajstić information content (AvgIpc) is 2.54. The van der Waals surface area contributed by atoms with E-state index >= 15 is 0 Å². The second-order valence-electron chi connectivity index (χ2n) is 5.46. The fraction of sp³-hybridized carbons (Fsp3) is 0.263. The summed E-state index contributed by atoms with van der Waals surface area (Å²) in [5.74, 6) is -1.16. The zero-order chi connectivity index (χ0) is 17.2. The van der Waals surface area contributed by atoms with Gasteiger partial charge in [-0.2, -0.15) is 0 Å². The van der Waals surface area contributed by atoms with E-state index in [1.165, 1.54) is 5.56 Å². The van der Waals surface area contributed by atoms with Crippen LogP contribution in [0.25, 0.3) is 0 Å². The van der Waals surface area contributed by atoms with Crippen LogP contribution in [0.1, 0.15) is 47.7 Å². The summed E-state index contributed by atoms with van der Waals surface area (Å²) < 4.78 is 0. The Morgan fingerprint density at radius 3 is 1.91 bits per heavy atom. The van der Waals surface area contributed by atoms with Gasteiger partial charge in [-0.1, -0.05) is 56.3 Å². The molecule has 0 radical (unpaired) electrons. The van der Waals surface area contributed by atoms with Gasteiger partial charge in [0.25, 0.3) is 0 Å². The lowest BCUT2D eigenvalue weighted by Crippen LogP contribution is -1.96. The fourth-order valence-corrected chi connectivity index (χ4v) is 1.91. The van der Waals surface area contributed by atoms with E-state index in [1.54, 1.807) is 12.1 Å². The first-order valence-electron chi connectivity index (χ1n) is 7.49. The van der Waals surface area contributed by atoms with Crippen LogP contribution < -0.4 is 0 Å². The van der Waals surface area contributed by atoms with E-state index in [0.717, 1.165) is 5.56 Å². The summed E-state index contributed by atoms with van der Waals surface area (Å²) in [5.41, 5.74) is 2.59. The second kappa shape index (κ2) is 9.41. The molecule has 0 spiro atoms. The van der Waals surface area contributed by atoms with Gasteiger partial charge >= 0.3 is 11.9 Å². The van der Waals surface area contributed by atoms with E-state index in [1.807, 2.05) is 42.5 Å². The van der Waals surface area contributed by atoms with Gasteiger partial charge < -0.3 is 10.2 Å². The third-order valence-corrected chi connectivity index (χ3v) is 3.29. The monoisotopic (exact) mass is 314 g/mol. The standard InChI is InChI=1S/C10H12O2.C9H10O2/c1-7(2)8-3-5-9(6-4-8)10(11)12;10-9(11)7-6-8-4-2-1-3-5-8/h3-7H,1-2H3,(H,11,12);1-5H,6-7H2,(H,10,11). The molecular formula is C19H22O4. The SMILES string of the molecule is CC(C)c1ccc(C(=O)O)cc1.O=C(O)CCc1ccccc1. The number of aryl methyl sites for hydroxylation is 1. The molecule has 122 valence electrons. The molecule has 2 aromatic carbocycles. The van der Waals surface area contributed by atoms with E-state index < -0.39 is 11.9 Å². The number of aromatic carboxylic acids is 1. The molecule has 2 N–H and O–H groups in total. The van der Waals surface area contributed by atoms with E-state index in [2.05, 4.69) is 13.8 Å². The molecule has 2 aromatic rings. The second-order valence-corrected chi connectivity index (χ2v) is 5.46. The van der Waals surface area contributed by atoms with Crippen LogP contribution in [0.3, 0.4) is 0 Å². The Labute approximate surface area is 136 Å². The van der Waals surface area contributed by atoms with Crippen LogP contribution in [-0.2, 0) is 11.2 Å². The highest BCUT2D eigenvalue weighted by molar-refractivity contribution is 5.87. The minimum atomic E-state index is -0.870. The molecule has 0 amide bonds. The summed E-state index contributed by atoms with van der Waals surface area (Å²) in [6.07, 6.45) is 0.834. The highest BCUT2D eigenvalue weighted by Crippen LogP contribution is 2.14. The van der Waals surface area contributed by atoms with Gasteiger partial charge in [0.05, 0.1) is 5.56 Å². The molecule has 0 unspecified atom stereocenters. The first kappa shape index (κ1) is 18.4. The Balaban J connectivity index is 0.000000231. The first-order valence-corrected chi connectivity index (χ1v) is 7.49. The lowest BCUT2D eigenvalue weighted by atomic mass is 10.0. The smallest absolute Gasteiger partial charge is 0.335 e. The van der Waals surface area contributed by atoms with Crippen molar-refractivity contribution in [3.63, 3.8) is 0 Å². The number of carbonyl (C=O) groups is 2. The molecule has 0 aliphatic carbocycles. The van der Waals surface area contributed by atoms with Crippen molar-refractivity contribution in [2.45, 2.75) is 32.6 Å². The number of hydrogen-bond acceptors (Lipinski definition) is 2. The summed E-state index contributed by atoms with van der Waals surface area (Å²) in [7, 11) is 0. The minimum absolute atomic E-state index is 0.212. The van der Waals surface area contributed by atoms with Crippen LogP contribution in [0, 0.1) is 0 Å². The van der Waals surface area contributed by atoms with Crippen LogP contribution in [-0.4, -0.2) is 22.2 Å². The van der Waals surface area contributed by atoms with Crippen molar-refractivity contribution in [1.82, 2.24) is 0 Å². The van der Waals surface area contributed by atoms with Gasteiger partial charge in [-0.05, 0) is 35.6 Å². The summed E-state index contributed by atoms with van der Waals surface area (Å²) in [4.78, 5) is 20.7. The van der Waals surface area contributed by atoms with Crippen molar-refractivity contribution < 1.29 is 19.8 Å². The largest absolute Gasteiger partial charge is 0.481 e. The zero-order valence-electron chi connectivity index (χ0n) is 13.4. The summed E-state index contributed by atoms with van der Waals surface area (Å²) in [5, 5.41) is 17.0. The van der Waals surface area contributed by atoms with E-state index in [4.69, 9.17) is 10.2 Å². The third-order valence-electron chi connectivity index (χ3n) is 3.29. The predicted octanol–water partition coefficient (Wildman–Crippen LogP) is 4.21. The highest BCUT2D eigenvalue weighted by atomic mass is 16.4. The number of rotatable bonds is 5. The molecule has 0 saturated carbocycles. The maximum Gasteiger partial charge on any atom is 0.335 e. The van der Waals surface area contributed by atoms with Gasteiger partial charge in [-0.3, -0.25) is 4.79 Å². The van der Waals surface area contributed by atoms with Crippen molar-refractivity contribution >= 4 is 11.9 Å². The summed E-state index contributed by atoms with van der Waals surface area (Å²) >= 11 is 0. The molecule has 2 rings (SSSR count). The molecule has 0 bridgehead atoms.